The highest BCUT2D eigenvalue weighted by Gasteiger charge is 1.96. The second-order valence-corrected chi connectivity index (χ2v) is 5.34. The maximum absolute atomic E-state index is 4.11. The van der Waals surface area contributed by atoms with Crippen LogP contribution in [0.15, 0.2) is 41.0 Å². The zero-order valence-electron chi connectivity index (χ0n) is 8.80. The van der Waals surface area contributed by atoms with Crippen molar-refractivity contribution in [2.75, 3.05) is 12.3 Å². The van der Waals surface area contributed by atoms with Gasteiger partial charge in [0.1, 0.15) is 6.33 Å². The molecule has 0 atom stereocenters. The molecule has 0 aliphatic carbocycles. The van der Waals surface area contributed by atoms with Gasteiger partial charge in [-0.2, -0.15) is 4.37 Å². The number of hydrogen-bond acceptors (Lipinski definition) is 5. The number of hydrogen-bond donors (Lipinski definition) is 1. The number of nitrogens with zero attached hydrogens (tertiary/aromatic N) is 2. The van der Waals surface area contributed by atoms with Crippen LogP contribution in [0.25, 0.3) is 0 Å². The van der Waals surface area contributed by atoms with Crippen molar-refractivity contribution in [2.45, 2.75) is 10.9 Å². The van der Waals surface area contributed by atoms with E-state index in [9.17, 15) is 0 Å². The van der Waals surface area contributed by atoms with E-state index < -0.39 is 0 Å². The molecule has 0 spiro atoms. The highest BCUT2D eigenvalue weighted by atomic mass is 32.2. The maximum atomic E-state index is 4.11. The molecular weight excluding hydrogens is 238 g/mol. The lowest BCUT2D eigenvalue weighted by atomic mass is 10.2. The molecule has 0 fully saturated rings. The van der Waals surface area contributed by atoms with Gasteiger partial charge in [0.15, 0.2) is 4.34 Å². The van der Waals surface area contributed by atoms with E-state index in [2.05, 4.69) is 38.9 Å². The average Bonchev–Trinajstić information content (AvgIpc) is 2.83. The Kier molecular flexibility index (Phi) is 4.79. The molecular formula is C11H13N3S2. The Bertz CT molecular complexity index is 389. The monoisotopic (exact) mass is 251 g/mol. The van der Waals surface area contributed by atoms with E-state index in [1.165, 1.54) is 17.1 Å². The van der Waals surface area contributed by atoms with Gasteiger partial charge in [-0.05, 0) is 17.1 Å². The van der Waals surface area contributed by atoms with Crippen LogP contribution in [0.3, 0.4) is 0 Å². The van der Waals surface area contributed by atoms with Gasteiger partial charge in [0.2, 0.25) is 0 Å². The second-order valence-electron chi connectivity index (χ2n) is 3.22. The summed E-state index contributed by atoms with van der Waals surface area (Å²) in [5.41, 5.74) is 1.32. The first-order valence-corrected chi connectivity index (χ1v) is 6.85. The van der Waals surface area contributed by atoms with Crippen molar-refractivity contribution in [3.05, 3.63) is 42.2 Å². The van der Waals surface area contributed by atoms with Crippen LogP contribution in [0, 0.1) is 0 Å². The fourth-order valence-electron chi connectivity index (χ4n) is 1.27. The summed E-state index contributed by atoms with van der Waals surface area (Å²) in [6, 6.07) is 10.4. The quantitative estimate of drug-likeness (QED) is 0.632. The molecule has 0 saturated heterocycles. The largest absolute Gasteiger partial charge is 0.312 e. The Hall–Kier alpha value is -0.910. The van der Waals surface area contributed by atoms with E-state index in [0.717, 1.165) is 23.2 Å². The van der Waals surface area contributed by atoms with Gasteiger partial charge in [-0.3, -0.25) is 0 Å². The molecule has 0 amide bonds. The van der Waals surface area contributed by atoms with E-state index in [4.69, 9.17) is 0 Å². The SMILES string of the molecule is c1ccc(CNCCSc2ncns2)cc1. The Labute approximate surface area is 103 Å². The van der Waals surface area contributed by atoms with Crippen molar-refractivity contribution >= 4 is 23.3 Å². The standard InChI is InChI=1S/C11H13N3S2/c1-2-4-10(5-3-1)8-12-6-7-15-11-13-9-14-16-11/h1-5,9,12H,6-8H2. The van der Waals surface area contributed by atoms with Crippen molar-refractivity contribution in [2.24, 2.45) is 0 Å². The smallest absolute Gasteiger partial charge is 0.169 e. The number of nitrogens with one attached hydrogen (secondary N) is 1. The normalized spacial score (nSPS) is 10.5. The fourth-order valence-corrected chi connectivity index (χ4v) is 2.68. The van der Waals surface area contributed by atoms with Gasteiger partial charge in [-0.1, -0.05) is 42.1 Å². The lowest BCUT2D eigenvalue weighted by molar-refractivity contribution is 0.732. The molecule has 0 aliphatic heterocycles. The first kappa shape index (κ1) is 11.6. The number of aromatic nitrogens is 2. The predicted molar refractivity (Wildman–Crippen MR) is 68.8 cm³/mol. The van der Waals surface area contributed by atoms with Crippen LogP contribution in [-0.2, 0) is 6.54 Å². The third-order valence-corrected chi connectivity index (χ3v) is 3.82. The molecule has 0 saturated carbocycles. The van der Waals surface area contributed by atoms with Crippen LogP contribution in [0.1, 0.15) is 5.56 Å². The summed E-state index contributed by atoms with van der Waals surface area (Å²) in [6.07, 6.45) is 1.60. The molecule has 1 N–H and O–H groups in total. The van der Waals surface area contributed by atoms with Crippen molar-refractivity contribution in [3.63, 3.8) is 0 Å². The molecule has 5 heteroatoms. The van der Waals surface area contributed by atoms with Gasteiger partial charge >= 0.3 is 0 Å². The predicted octanol–water partition coefficient (Wildman–Crippen LogP) is 2.42. The first-order valence-electron chi connectivity index (χ1n) is 5.09. The molecule has 16 heavy (non-hydrogen) atoms. The lowest BCUT2D eigenvalue weighted by Gasteiger charge is -2.03. The van der Waals surface area contributed by atoms with E-state index in [-0.39, 0.29) is 0 Å². The van der Waals surface area contributed by atoms with Crippen molar-refractivity contribution in [3.8, 4) is 0 Å². The molecule has 3 nitrogen and oxygen atoms in total. The Balaban J connectivity index is 1.59. The summed E-state index contributed by atoms with van der Waals surface area (Å²) in [5, 5.41) is 3.40. The minimum Gasteiger partial charge on any atom is -0.312 e. The van der Waals surface area contributed by atoms with Gasteiger partial charge in [0, 0.05) is 18.8 Å². The zero-order chi connectivity index (χ0) is 11.1. The Morgan fingerprint density at radius 3 is 2.88 bits per heavy atom. The van der Waals surface area contributed by atoms with E-state index in [1.807, 2.05) is 6.07 Å². The van der Waals surface area contributed by atoms with Gasteiger partial charge in [0.05, 0.1) is 0 Å². The van der Waals surface area contributed by atoms with Crippen LogP contribution in [0.2, 0.25) is 0 Å². The maximum Gasteiger partial charge on any atom is 0.169 e. The highest BCUT2D eigenvalue weighted by molar-refractivity contribution is 8.00. The Morgan fingerprint density at radius 2 is 2.12 bits per heavy atom. The third kappa shape index (κ3) is 3.92. The molecule has 2 rings (SSSR count). The van der Waals surface area contributed by atoms with E-state index >= 15 is 0 Å². The number of benzene rings is 1. The van der Waals surface area contributed by atoms with E-state index in [1.54, 1.807) is 18.1 Å². The molecule has 1 heterocycles. The molecule has 2 aromatic rings. The van der Waals surface area contributed by atoms with Crippen LogP contribution < -0.4 is 5.32 Å². The van der Waals surface area contributed by atoms with Crippen LogP contribution in [0.4, 0.5) is 0 Å². The van der Waals surface area contributed by atoms with Crippen LogP contribution >= 0.6 is 23.3 Å². The Morgan fingerprint density at radius 1 is 1.25 bits per heavy atom. The van der Waals surface area contributed by atoms with Crippen LogP contribution in [-0.4, -0.2) is 21.7 Å². The molecule has 0 aliphatic rings. The molecule has 1 aromatic heterocycles. The molecule has 0 bridgehead atoms. The highest BCUT2D eigenvalue weighted by Crippen LogP contribution is 2.16. The van der Waals surface area contributed by atoms with Gasteiger partial charge < -0.3 is 5.32 Å². The van der Waals surface area contributed by atoms with Gasteiger partial charge in [0.25, 0.3) is 0 Å². The average molecular weight is 251 g/mol. The minimum atomic E-state index is 0.928. The topological polar surface area (TPSA) is 37.8 Å². The molecule has 0 unspecified atom stereocenters. The summed E-state index contributed by atoms with van der Waals surface area (Å²) < 4.78 is 5.00. The summed E-state index contributed by atoms with van der Waals surface area (Å²) in [5.74, 6) is 1.03. The summed E-state index contributed by atoms with van der Waals surface area (Å²) in [4.78, 5) is 4.11. The third-order valence-electron chi connectivity index (χ3n) is 2.02. The number of thioether (sulfide) groups is 1. The van der Waals surface area contributed by atoms with Gasteiger partial charge in [-0.25, -0.2) is 4.98 Å². The van der Waals surface area contributed by atoms with Crippen molar-refractivity contribution < 1.29 is 0 Å². The fraction of sp³-hybridized carbons (Fsp3) is 0.273. The van der Waals surface area contributed by atoms with Crippen molar-refractivity contribution in [1.29, 1.82) is 0 Å². The zero-order valence-corrected chi connectivity index (χ0v) is 10.4. The van der Waals surface area contributed by atoms with E-state index in [0.29, 0.717) is 0 Å². The van der Waals surface area contributed by atoms with Gasteiger partial charge in [-0.15, -0.1) is 0 Å². The summed E-state index contributed by atoms with van der Waals surface area (Å²) >= 11 is 3.20. The first-order chi connectivity index (χ1) is 7.95. The lowest BCUT2D eigenvalue weighted by Crippen LogP contribution is -2.16. The molecule has 84 valence electrons. The molecule has 0 radical (unpaired) electrons. The van der Waals surface area contributed by atoms with Crippen LogP contribution in [0.5, 0.6) is 0 Å². The summed E-state index contributed by atoms with van der Waals surface area (Å²) in [6.45, 7) is 1.91. The summed E-state index contributed by atoms with van der Waals surface area (Å²) in [7, 11) is 0. The minimum absolute atomic E-state index is 0.928. The molecule has 1 aromatic carbocycles. The second kappa shape index (κ2) is 6.62. The van der Waals surface area contributed by atoms with Crippen molar-refractivity contribution in [1.82, 2.24) is 14.7 Å². The number of rotatable bonds is 6.